The molecule has 0 N–H and O–H groups in total. The summed E-state index contributed by atoms with van der Waals surface area (Å²) in [5, 5.41) is 0. The molecule has 1 aliphatic rings. The van der Waals surface area contributed by atoms with E-state index in [0.717, 1.165) is 0 Å². The van der Waals surface area contributed by atoms with Crippen LogP contribution in [0.5, 0.6) is 0 Å². The summed E-state index contributed by atoms with van der Waals surface area (Å²) in [4.78, 5) is 0. The largest absolute Gasteiger partial charge is 0.241 e. The first kappa shape index (κ1) is 7.99. The third kappa shape index (κ3) is 1.31. The molecule has 1 saturated heterocycles. The molecule has 56 valence electrons. The van der Waals surface area contributed by atoms with Crippen molar-refractivity contribution >= 4 is 19.9 Å². The molecule has 1 heterocycles. The maximum atomic E-state index is 11.3. The molecule has 1 fully saturated rings. The molecule has 0 radical (unpaired) electrons. The quantitative estimate of drug-likeness (QED) is 0.477. The maximum absolute atomic E-state index is 11.3. The van der Waals surface area contributed by atoms with Gasteiger partial charge in [0, 0.05) is 12.5 Å². The summed E-state index contributed by atoms with van der Waals surface area (Å²) in [5.41, 5.74) is 0. The molecule has 4 heteroatoms. The molecule has 0 aromatic rings. The van der Waals surface area contributed by atoms with Gasteiger partial charge in [0.25, 0.3) is 0 Å². The van der Waals surface area contributed by atoms with Gasteiger partial charge in [-0.15, -0.1) is 12.3 Å². The molecule has 0 aromatic carbocycles. The van der Waals surface area contributed by atoms with E-state index in [1.165, 1.54) is 0 Å². The fraction of sp³-hybridized carbons (Fsp3) is 0.667. The fourth-order valence-corrected chi connectivity index (χ4v) is 3.01. The van der Waals surface area contributed by atoms with Crippen LogP contribution in [-0.4, -0.2) is 27.9 Å². The Morgan fingerprint density at radius 2 is 2.50 bits per heavy atom. The molecule has 0 aliphatic carbocycles. The van der Waals surface area contributed by atoms with E-state index in [0.29, 0.717) is 12.3 Å². The Hall–Kier alpha value is -0.110. The van der Waals surface area contributed by atoms with Crippen molar-refractivity contribution < 1.29 is 4.21 Å². The van der Waals surface area contributed by atoms with Gasteiger partial charge in [-0.2, -0.15) is 0 Å². The van der Waals surface area contributed by atoms with E-state index in [1.807, 2.05) is 0 Å². The minimum atomic E-state index is -2.16. The second-order valence-corrected chi connectivity index (χ2v) is 6.11. The van der Waals surface area contributed by atoms with Gasteiger partial charge in [-0.25, -0.2) is 8.51 Å². The molecule has 0 saturated carbocycles. The highest BCUT2D eigenvalue weighted by atomic mass is 32.8. The number of hydrogen-bond acceptors (Lipinski definition) is 2. The molecule has 2 atom stereocenters. The van der Waals surface area contributed by atoms with Gasteiger partial charge in [-0.1, -0.05) is 0 Å². The Morgan fingerprint density at radius 1 is 1.90 bits per heavy atom. The highest BCUT2D eigenvalue weighted by Gasteiger charge is 2.28. The van der Waals surface area contributed by atoms with Crippen molar-refractivity contribution in [3.8, 4) is 12.3 Å². The topological polar surface area (TPSA) is 20.3 Å². The Bertz CT molecular complexity index is 262. The third-order valence-corrected chi connectivity index (χ3v) is 4.69. The zero-order valence-corrected chi connectivity index (χ0v) is 7.37. The van der Waals surface area contributed by atoms with E-state index in [-0.39, 0.29) is 5.92 Å². The lowest BCUT2D eigenvalue weighted by molar-refractivity contribution is 0.528. The lowest BCUT2D eigenvalue weighted by Gasteiger charge is -2.06. The van der Waals surface area contributed by atoms with Crippen LogP contribution in [0.3, 0.4) is 0 Å². The van der Waals surface area contributed by atoms with Crippen molar-refractivity contribution in [1.29, 1.82) is 0 Å². The molecular formula is C6H9NOS2. The van der Waals surface area contributed by atoms with Crippen LogP contribution < -0.4 is 0 Å². The van der Waals surface area contributed by atoms with Gasteiger partial charge in [0.2, 0.25) is 0 Å². The minimum Gasteiger partial charge on any atom is -0.241 e. The first-order chi connectivity index (χ1) is 4.56. The van der Waals surface area contributed by atoms with Crippen LogP contribution in [0.1, 0.15) is 0 Å². The Balaban J connectivity index is 2.84. The molecule has 1 aliphatic heterocycles. The van der Waals surface area contributed by atoms with Crippen molar-refractivity contribution in [1.82, 2.24) is 4.31 Å². The van der Waals surface area contributed by atoms with E-state index in [2.05, 4.69) is 5.92 Å². The second kappa shape index (κ2) is 2.50. The number of rotatable bonds is 0. The van der Waals surface area contributed by atoms with Crippen molar-refractivity contribution in [3.63, 3.8) is 0 Å². The van der Waals surface area contributed by atoms with Crippen LogP contribution in [-0.2, 0) is 19.9 Å². The van der Waals surface area contributed by atoms with Crippen molar-refractivity contribution in [2.75, 3.05) is 19.3 Å². The van der Waals surface area contributed by atoms with Crippen LogP contribution in [0.15, 0.2) is 0 Å². The average molecular weight is 175 g/mol. The predicted octanol–water partition coefficient (Wildman–Crippen LogP) is -0.157. The van der Waals surface area contributed by atoms with Crippen molar-refractivity contribution in [2.24, 2.45) is 5.92 Å². The van der Waals surface area contributed by atoms with Gasteiger partial charge in [0.05, 0.1) is 14.4 Å². The fourth-order valence-electron chi connectivity index (χ4n) is 0.959. The first-order valence-corrected chi connectivity index (χ1v) is 5.57. The van der Waals surface area contributed by atoms with Gasteiger partial charge in [0.1, 0.15) is 0 Å². The SMILES string of the molecule is C#CC1CN(C)S(=O)(=S)C1. The summed E-state index contributed by atoms with van der Waals surface area (Å²) in [6, 6.07) is 0. The first-order valence-electron chi connectivity index (χ1n) is 2.96. The Labute approximate surface area is 66.4 Å². The zero-order chi connectivity index (χ0) is 7.78. The van der Waals surface area contributed by atoms with E-state index in [4.69, 9.17) is 17.6 Å². The summed E-state index contributed by atoms with van der Waals surface area (Å²) >= 11 is 4.83. The summed E-state index contributed by atoms with van der Waals surface area (Å²) in [7, 11) is -0.405. The third-order valence-electron chi connectivity index (χ3n) is 1.60. The molecule has 1 rings (SSSR count). The molecule has 0 bridgehead atoms. The lowest BCUT2D eigenvalue weighted by Crippen LogP contribution is -2.19. The molecule has 10 heavy (non-hydrogen) atoms. The van der Waals surface area contributed by atoms with Gasteiger partial charge >= 0.3 is 0 Å². The molecule has 0 aromatic heterocycles. The van der Waals surface area contributed by atoms with Crippen LogP contribution in [0.25, 0.3) is 0 Å². The van der Waals surface area contributed by atoms with Crippen LogP contribution >= 0.6 is 0 Å². The van der Waals surface area contributed by atoms with Gasteiger partial charge < -0.3 is 0 Å². The average Bonchev–Trinajstić information content (AvgIpc) is 2.08. The molecule has 0 spiro atoms. The van der Waals surface area contributed by atoms with Crippen LogP contribution in [0.2, 0.25) is 0 Å². The van der Waals surface area contributed by atoms with Gasteiger partial charge in [0.15, 0.2) is 0 Å². The molecule has 2 unspecified atom stereocenters. The van der Waals surface area contributed by atoms with Crippen molar-refractivity contribution in [2.45, 2.75) is 0 Å². The van der Waals surface area contributed by atoms with E-state index in [1.54, 1.807) is 11.4 Å². The second-order valence-electron chi connectivity index (χ2n) is 2.42. The minimum absolute atomic E-state index is 0.0926. The smallest absolute Gasteiger partial charge is 0.0933 e. The summed E-state index contributed by atoms with van der Waals surface area (Å²) in [5.74, 6) is 3.14. The predicted molar refractivity (Wildman–Crippen MR) is 45.3 cm³/mol. The standard InChI is InChI=1S/C6H9NOS2/c1-3-6-4-7(2)10(8,9)5-6/h1,6H,4-5H2,2H3. The summed E-state index contributed by atoms with van der Waals surface area (Å²) in [6.07, 6.45) is 5.17. The monoisotopic (exact) mass is 175 g/mol. The number of terminal acetylenes is 1. The zero-order valence-electron chi connectivity index (χ0n) is 5.74. The molecule has 2 nitrogen and oxygen atoms in total. The summed E-state index contributed by atoms with van der Waals surface area (Å²) < 4.78 is 13.0. The number of hydrogen-bond donors (Lipinski definition) is 0. The number of nitrogens with zero attached hydrogens (tertiary/aromatic N) is 1. The van der Waals surface area contributed by atoms with Gasteiger partial charge in [-0.3, -0.25) is 0 Å². The Morgan fingerprint density at radius 3 is 2.70 bits per heavy atom. The van der Waals surface area contributed by atoms with Crippen molar-refractivity contribution in [3.05, 3.63) is 0 Å². The van der Waals surface area contributed by atoms with E-state index < -0.39 is 8.68 Å². The Kier molecular flexibility index (Phi) is 1.99. The highest BCUT2D eigenvalue weighted by molar-refractivity contribution is 8.31. The normalized spacial score (nSPS) is 41.4. The van der Waals surface area contributed by atoms with Gasteiger partial charge in [-0.05, 0) is 18.2 Å². The van der Waals surface area contributed by atoms with Crippen LogP contribution in [0, 0.1) is 18.3 Å². The summed E-state index contributed by atoms with van der Waals surface area (Å²) in [6.45, 7) is 0.679. The molecular weight excluding hydrogens is 166 g/mol. The van der Waals surface area contributed by atoms with E-state index in [9.17, 15) is 4.21 Å². The highest BCUT2D eigenvalue weighted by Crippen LogP contribution is 2.16. The lowest BCUT2D eigenvalue weighted by atomic mass is 10.2. The van der Waals surface area contributed by atoms with Crippen LogP contribution in [0.4, 0.5) is 0 Å². The van der Waals surface area contributed by atoms with E-state index >= 15 is 0 Å². The maximum Gasteiger partial charge on any atom is 0.0933 e. The molecule has 0 amide bonds.